The Bertz CT molecular complexity index is 1830. The second kappa shape index (κ2) is 10.5. The minimum atomic E-state index is -4.39. The molecule has 6 aromatic rings. The quantitative estimate of drug-likeness (QED) is 0.113. The molecule has 0 aromatic heterocycles. The van der Waals surface area contributed by atoms with E-state index in [0.29, 0.717) is 11.1 Å². The fraction of sp³-hybridized carbons (Fsp3) is 0.0556. The molecule has 0 nitrogen and oxygen atoms in total. The van der Waals surface area contributed by atoms with E-state index in [1.165, 1.54) is 24.3 Å². The molecule has 0 aliphatic heterocycles. The van der Waals surface area contributed by atoms with Crippen molar-refractivity contribution in [3.8, 4) is 0 Å². The molecule has 0 radical (unpaired) electrons. The van der Waals surface area contributed by atoms with Gasteiger partial charge in [0.1, 0.15) is 0 Å². The summed E-state index contributed by atoms with van der Waals surface area (Å²) in [6.45, 7) is 0. The summed E-state index contributed by atoms with van der Waals surface area (Å²) < 4.78 is 77.9. The standard InChI is InChI=1S/C36H22F6/c37-35(38,39)27-17-11-23(12-18-27)9-15-25-21-34-32-8-4-2-6-30(32)26(22-33(34)31-7-3-1-5-29(25)31)16-10-24-13-19-28(20-14-24)36(40,41)42/h1-22H/b15-9+,16-10+. The van der Waals surface area contributed by atoms with E-state index < -0.39 is 23.5 Å². The van der Waals surface area contributed by atoms with Crippen molar-refractivity contribution in [2.45, 2.75) is 12.4 Å². The van der Waals surface area contributed by atoms with Crippen LogP contribution in [-0.4, -0.2) is 0 Å². The second-order valence-corrected chi connectivity index (χ2v) is 10.0. The molecule has 0 unspecified atom stereocenters. The van der Waals surface area contributed by atoms with Crippen molar-refractivity contribution in [2.24, 2.45) is 0 Å². The topological polar surface area (TPSA) is 0 Å². The van der Waals surface area contributed by atoms with Crippen molar-refractivity contribution in [3.63, 3.8) is 0 Å². The predicted molar refractivity (Wildman–Crippen MR) is 160 cm³/mol. The molecule has 208 valence electrons. The third kappa shape index (κ3) is 5.40. The van der Waals surface area contributed by atoms with Gasteiger partial charge in [-0.1, -0.05) is 97.1 Å². The molecule has 0 spiro atoms. The Morgan fingerprint density at radius 1 is 0.357 bits per heavy atom. The van der Waals surface area contributed by atoms with E-state index >= 15 is 0 Å². The van der Waals surface area contributed by atoms with E-state index in [2.05, 4.69) is 12.1 Å². The van der Waals surface area contributed by atoms with Crippen LogP contribution < -0.4 is 0 Å². The van der Waals surface area contributed by atoms with Gasteiger partial charge < -0.3 is 0 Å². The number of benzene rings is 6. The van der Waals surface area contributed by atoms with Crippen LogP contribution in [0.1, 0.15) is 33.4 Å². The smallest absolute Gasteiger partial charge is 0.166 e. The number of halogens is 6. The summed E-state index contributed by atoms with van der Waals surface area (Å²) in [5, 5.41) is 6.03. The van der Waals surface area contributed by atoms with Gasteiger partial charge in [-0.3, -0.25) is 0 Å². The lowest BCUT2D eigenvalue weighted by Crippen LogP contribution is -2.03. The van der Waals surface area contributed by atoms with Crippen LogP contribution in [0.25, 0.3) is 56.6 Å². The summed E-state index contributed by atoms with van der Waals surface area (Å²) in [5.74, 6) is 0. The first-order valence-electron chi connectivity index (χ1n) is 13.2. The van der Waals surface area contributed by atoms with Gasteiger partial charge in [0, 0.05) is 0 Å². The van der Waals surface area contributed by atoms with Gasteiger partial charge in [0.15, 0.2) is 0 Å². The Labute approximate surface area is 237 Å². The molecule has 0 saturated heterocycles. The number of rotatable bonds is 4. The van der Waals surface area contributed by atoms with Gasteiger partial charge in [0.2, 0.25) is 0 Å². The highest BCUT2D eigenvalue weighted by Gasteiger charge is 2.30. The highest BCUT2D eigenvalue weighted by atomic mass is 19.4. The van der Waals surface area contributed by atoms with Gasteiger partial charge in [0.05, 0.1) is 11.1 Å². The average molecular weight is 569 g/mol. The van der Waals surface area contributed by atoms with E-state index in [1.54, 1.807) is 12.2 Å². The first-order chi connectivity index (χ1) is 20.1. The summed E-state index contributed by atoms with van der Waals surface area (Å²) >= 11 is 0. The SMILES string of the molecule is FC(F)(F)c1ccc(/C=C/c2cc3c4ccccc4c(/C=C/c4ccc(C(F)(F)F)cc4)cc3c3ccccc23)cc1. The number of alkyl halides is 6. The summed E-state index contributed by atoms with van der Waals surface area (Å²) in [7, 11) is 0. The maximum Gasteiger partial charge on any atom is 0.416 e. The van der Waals surface area contributed by atoms with Crippen LogP contribution in [0.4, 0.5) is 26.3 Å². The third-order valence-electron chi connectivity index (χ3n) is 7.33. The van der Waals surface area contributed by atoms with Gasteiger partial charge in [-0.15, -0.1) is 0 Å². The monoisotopic (exact) mass is 568 g/mol. The molecule has 0 heterocycles. The largest absolute Gasteiger partial charge is 0.416 e. The zero-order valence-electron chi connectivity index (χ0n) is 22.0. The Kier molecular flexibility index (Phi) is 6.85. The van der Waals surface area contributed by atoms with Crippen molar-refractivity contribution < 1.29 is 26.3 Å². The summed E-state index contributed by atoms with van der Waals surface area (Å²) in [6, 6.07) is 30.2. The van der Waals surface area contributed by atoms with Crippen LogP contribution >= 0.6 is 0 Å². The lowest BCUT2D eigenvalue weighted by molar-refractivity contribution is -0.138. The molecule has 6 heteroatoms. The molecule has 0 saturated carbocycles. The Morgan fingerprint density at radius 2 is 0.690 bits per heavy atom. The van der Waals surface area contributed by atoms with Crippen molar-refractivity contribution in [1.29, 1.82) is 0 Å². The fourth-order valence-corrected chi connectivity index (χ4v) is 5.22. The van der Waals surface area contributed by atoms with Gasteiger partial charge in [-0.2, -0.15) is 26.3 Å². The van der Waals surface area contributed by atoms with Crippen LogP contribution in [0.15, 0.2) is 109 Å². The molecule has 0 fully saturated rings. The minimum Gasteiger partial charge on any atom is -0.166 e. The van der Waals surface area contributed by atoms with Crippen molar-refractivity contribution in [2.75, 3.05) is 0 Å². The molecular formula is C36H22F6. The summed E-state index contributed by atoms with van der Waals surface area (Å²) in [4.78, 5) is 0. The Hall–Kier alpha value is -4.84. The van der Waals surface area contributed by atoms with Crippen molar-refractivity contribution in [3.05, 3.63) is 143 Å². The second-order valence-electron chi connectivity index (χ2n) is 10.0. The van der Waals surface area contributed by atoms with Crippen LogP contribution in [0.2, 0.25) is 0 Å². The van der Waals surface area contributed by atoms with E-state index in [-0.39, 0.29) is 0 Å². The summed E-state index contributed by atoms with van der Waals surface area (Å²) in [5.41, 5.74) is 1.78. The van der Waals surface area contributed by atoms with Crippen LogP contribution in [0.5, 0.6) is 0 Å². The van der Waals surface area contributed by atoms with E-state index in [0.717, 1.165) is 67.7 Å². The molecule has 42 heavy (non-hydrogen) atoms. The van der Waals surface area contributed by atoms with Crippen LogP contribution in [0, 0.1) is 0 Å². The van der Waals surface area contributed by atoms with E-state index in [4.69, 9.17) is 0 Å². The predicted octanol–water partition coefficient (Wildman–Crippen LogP) is 11.5. The zero-order chi connectivity index (χ0) is 29.5. The Morgan fingerprint density at radius 3 is 1.02 bits per heavy atom. The molecule has 0 amide bonds. The zero-order valence-corrected chi connectivity index (χ0v) is 22.0. The molecule has 0 bridgehead atoms. The van der Waals surface area contributed by atoms with Gasteiger partial charge >= 0.3 is 12.4 Å². The third-order valence-corrected chi connectivity index (χ3v) is 7.33. The molecule has 0 aliphatic carbocycles. The lowest BCUT2D eigenvalue weighted by Gasteiger charge is -2.13. The Balaban J connectivity index is 1.46. The normalized spacial score (nSPS) is 12.8. The van der Waals surface area contributed by atoms with Crippen LogP contribution in [-0.2, 0) is 12.4 Å². The van der Waals surface area contributed by atoms with Gasteiger partial charge in [0.25, 0.3) is 0 Å². The van der Waals surface area contributed by atoms with E-state index in [1.807, 2.05) is 60.7 Å². The molecule has 0 atom stereocenters. The highest BCUT2D eigenvalue weighted by Crippen LogP contribution is 2.37. The average Bonchev–Trinajstić information content (AvgIpc) is 2.98. The maximum absolute atomic E-state index is 13.0. The van der Waals surface area contributed by atoms with Gasteiger partial charge in [-0.05, 0) is 91.0 Å². The van der Waals surface area contributed by atoms with Crippen LogP contribution in [0.3, 0.4) is 0 Å². The molecular weight excluding hydrogens is 546 g/mol. The lowest BCUT2D eigenvalue weighted by atomic mass is 9.91. The van der Waals surface area contributed by atoms with Crippen molar-refractivity contribution >= 4 is 56.6 Å². The maximum atomic E-state index is 13.0. The molecule has 0 aliphatic rings. The summed E-state index contributed by atoms with van der Waals surface area (Å²) in [6.07, 6.45) is -1.34. The first-order valence-corrected chi connectivity index (χ1v) is 13.2. The molecule has 6 rings (SSSR count). The molecule has 6 aromatic carbocycles. The number of fused-ring (bicyclic) bond motifs is 5. The fourth-order valence-electron chi connectivity index (χ4n) is 5.22. The van der Waals surface area contributed by atoms with Gasteiger partial charge in [-0.25, -0.2) is 0 Å². The minimum absolute atomic E-state index is 0.654. The highest BCUT2D eigenvalue weighted by molar-refractivity contribution is 6.21. The van der Waals surface area contributed by atoms with E-state index in [9.17, 15) is 26.3 Å². The number of hydrogen-bond donors (Lipinski definition) is 0. The first kappa shape index (κ1) is 27.3. The van der Waals surface area contributed by atoms with Crippen molar-refractivity contribution in [1.82, 2.24) is 0 Å². The number of hydrogen-bond acceptors (Lipinski definition) is 0. The molecule has 0 N–H and O–H groups in total.